The fourth-order valence-electron chi connectivity index (χ4n) is 3.38. The predicted molar refractivity (Wildman–Crippen MR) is 105 cm³/mol. The highest BCUT2D eigenvalue weighted by Crippen LogP contribution is 2.26. The van der Waals surface area contributed by atoms with Crippen LogP contribution in [0, 0.1) is 0 Å². The minimum absolute atomic E-state index is 0.0394. The number of aromatic nitrogens is 2. The Morgan fingerprint density at radius 2 is 2.15 bits per heavy atom. The molecule has 1 unspecified atom stereocenters. The van der Waals surface area contributed by atoms with Crippen LogP contribution in [0.5, 0.6) is 0 Å². The molecule has 0 radical (unpaired) electrons. The van der Waals surface area contributed by atoms with E-state index < -0.39 is 0 Å². The van der Waals surface area contributed by atoms with Crippen LogP contribution in [0.4, 0.5) is 0 Å². The molecule has 0 spiro atoms. The van der Waals surface area contributed by atoms with Gasteiger partial charge in [-0.1, -0.05) is 29.8 Å². The van der Waals surface area contributed by atoms with Crippen molar-refractivity contribution in [3.05, 3.63) is 64.5 Å². The zero-order valence-corrected chi connectivity index (χ0v) is 16.1. The van der Waals surface area contributed by atoms with E-state index in [-0.39, 0.29) is 5.91 Å². The molecule has 0 saturated heterocycles. The van der Waals surface area contributed by atoms with Crippen LogP contribution in [-0.4, -0.2) is 40.7 Å². The average Bonchev–Trinajstić information content (AvgIpc) is 2.98. The number of hydrogen-bond acceptors (Lipinski definition) is 3. The number of rotatable bonds is 6. The molecule has 1 amide bonds. The van der Waals surface area contributed by atoms with E-state index >= 15 is 0 Å². The summed E-state index contributed by atoms with van der Waals surface area (Å²) in [6.45, 7) is 5.22. The highest BCUT2D eigenvalue weighted by molar-refractivity contribution is 6.30. The van der Waals surface area contributed by atoms with Crippen molar-refractivity contribution >= 4 is 17.5 Å². The van der Waals surface area contributed by atoms with E-state index in [1.165, 1.54) is 11.3 Å². The van der Waals surface area contributed by atoms with E-state index in [9.17, 15) is 4.79 Å². The van der Waals surface area contributed by atoms with Gasteiger partial charge in [0.15, 0.2) is 5.69 Å². The molecule has 1 aromatic heterocycles. The maximum absolute atomic E-state index is 12.5. The Balaban J connectivity index is 1.76. The number of nitrogens with one attached hydrogen (secondary N) is 1. The Hall–Kier alpha value is -2.11. The minimum atomic E-state index is -0.0394. The number of benzene rings is 1. The lowest BCUT2D eigenvalue weighted by Crippen LogP contribution is -2.35. The fourth-order valence-corrected chi connectivity index (χ4v) is 3.51. The summed E-state index contributed by atoms with van der Waals surface area (Å²) in [6, 6.07) is 8.21. The molecule has 0 aliphatic heterocycles. The quantitative estimate of drug-likeness (QED) is 0.793. The average molecular weight is 373 g/mol. The number of nitrogens with zero attached hydrogens (tertiary/aromatic N) is 3. The van der Waals surface area contributed by atoms with E-state index in [0.29, 0.717) is 18.3 Å². The van der Waals surface area contributed by atoms with E-state index in [1.54, 1.807) is 19.0 Å². The molecular formula is C20H25ClN4O. The first kappa shape index (κ1) is 18.7. The summed E-state index contributed by atoms with van der Waals surface area (Å²) < 4.78 is 1.93. The van der Waals surface area contributed by atoms with Crippen molar-refractivity contribution in [2.24, 2.45) is 0 Å². The largest absolute Gasteiger partial charge is 0.343 e. The van der Waals surface area contributed by atoms with Gasteiger partial charge in [0.05, 0.1) is 6.54 Å². The Bertz CT molecular complexity index is 795. The molecule has 1 heterocycles. The third-order valence-corrected chi connectivity index (χ3v) is 5.02. The normalized spacial score (nSPS) is 16.2. The van der Waals surface area contributed by atoms with Crippen LogP contribution in [0.3, 0.4) is 0 Å². The Morgan fingerprint density at radius 1 is 1.42 bits per heavy atom. The third kappa shape index (κ3) is 4.00. The summed E-state index contributed by atoms with van der Waals surface area (Å²) >= 11 is 5.94. The van der Waals surface area contributed by atoms with Gasteiger partial charge in [0, 0.05) is 43.0 Å². The molecule has 1 aliphatic carbocycles. The van der Waals surface area contributed by atoms with Crippen LogP contribution in [0.2, 0.25) is 5.02 Å². The summed E-state index contributed by atoms with van der Waals surface area (Å²) in [5, 5.41) is 8.93. The van der Waals surface area contributed by atoms with Crippen molar-refractivity contribution in [2.45, 2.75) is 38.4 Å². The van der Waals surface area contributed by atoms with Crippen LogP contribution in [0.25, 0.3) is 0 Å². The summed E-state index contributed by atoms with van der Waals surface area (Å²) in [5.74, 6) is -0.0394. The van der Waals surface area contributed by atoms with Crippen LogP contribution in [-0.2, 0) is 25.9 Å². The molecule has 0 saturated carbocycles. The molecule has 0 fully saturated rings. The second kappa shape index (κ2) is 8.06. The van der Waals surface area contributed by atoms with E-state index in [4.69, 9.17) is 11.6 Å². The Kier molecular flexibility index (Phi) is 5.79. The van der Waals surface area contributed by atoms with Crippen LogP contribution >= 0.6 is 11.6 Å². The van der Waals surface area contributed by atoms with Gasteiger partial charge in [-0.25, -0.2) is 0 Å². The number of halogens is 1. The number of amides is 1. The molecule has 6 heteroatoms. The summed E-state index contributed by atoms with van der Waals surface area (Å²) in [6.07, 6.45) is 4.57. The van der Waals surface area contributed by atoms with Gasteiger partial charge >= 0.3 is 0 Å². The molecule has 1 N–H and O–H groups in total. The van der Waals surface area contributed by atoms with Crippen LogP contribution in [0.15, 0.2) is 36.9 Å². The van der Waals surface area contributed by atoms with Gasteiger partial charge in [-0.15, -0.1) is 6.58 Å². The monoisotopic (exact) mass is 372 g/mol. The molecule has 26 heavy (non-hydrogen) atoms. The highest BCUT2D eigenvalue weighted by Gasteiger charge is 2.29. The summed E-state index contributed by atoms with van der Waals surface area (Å²) in [5.41, 5.74) is 4.02. The second-order valence-corrected chi connectivity index (χ2v) is 7.33. The first-order chi connectivity index (χ1) is 12.5. The lowest BCUT2D eigenvalue weighted by Gasteiger charge is -2.25. The van der Waals surface area contributed by atoms with Gasteiger partial charge < -0.3 is 10.2 Å². The van der Waals surface area contributed by atoms with Gasteiger partial charge in [0.1, 0.15) is 0 Å². The lowest BCUT2D eigenvalue weighted by molar-refractivity contribution is 0.0820. The number of carbonyl (C=O) groups excluding carboxylic acids is 1. The molecule has 1 aromatic carbocycles. The van der Waals surface area contributed by atoms with Crippen molar-refractivity contribution in [3.8, 4) is 0 Å². The minimum Gasteiger partial charge on any atom is -0.343 e. The SMILES string of the molecule is C=CCn1nc(C(=O)N(C)C)c2c1CCC(NCc1ccc(Cl)cc1)C2. The smallest absolute Gasteiger partial charge is 0.274 e. The topological polar surface area (TPSA) is 50.2 Å². The molecule has 2 aromatic rings. The number of allylic oxidation sites excluding steroid dienone is 1. The third-order valence-electron chi connectivity index (χ3n) is 4.77. The molecule has 1 aliphatic rings. The zero-order chi connectivity index (χ0) is 18.7. The molecule has 3 rings (SSSR count). The van der Waals surface area contributed by atoms with Crippen molar-refractivity contribution < 1.29 is 4.79 Å². The van der Waals surface area contributed by atoms with Crippen molar-refractivity contribution in [3.63, 3.8) is 0 Å². The van der Waals surface area contributed by atoms with Crippen LogP contribution < -0.4 is 5.32 Å². The maximum atomic E-state index is 12.5. The first-order valence-corrected chi connectivity index (χ1v) is 9.26. The Morgan fingerprint density at radius 3 is 2.81 bits per heavy atom. The van der Waals surface area contributed by atoms with E-state index in [0.717, 1.165) is 36.4 Å². The van der Waals surface area contributed by atoms with Crippen LogP contribution in [0.1, 0.15) is 33.7 Å². The standard InChI is InChI=1S/C20H25ClN4O/c1-4-11-25-18-10-9-16(22-13-14-5-7-15(21)8-6-14)12-17(18)19(23-25)20(26)24(2)3/h4-8,16,22H,1,9-13H2,2-3H3. The Labute approximate surface area is 159 Å². The van der Waals surface area contributed by atoms with Crippen molar-refractivity contribution in [1.29, 1.82) is 0 Å². The fraction of sp³-hybridized carbons (Fsp3) is 0.400. The van der Waals surface area contributed by atoms with Gasteiger partial charge in [-0.3, -0.25) is 9.48 Å². The highest BCUT2D eigenvalue weighted by atomic mass is 35.5. The second-order valence-electron chi connectivity index (χ2n) is 6.89. The molecule has 1 atom stereocenters. The summed E-state index contributed by atoms with van der Waals surface area (Å²) in [7, 11) is 3.53. The number of carbonyl (C=O) groups is 1. The molecular weight excluding hydrogens is 348 g/mol. The van der Waals surface area contributed by atoms with Gasteiger partial charge in [-0.2, -0.15) is 5.10 Å². The molecule has 0 bridgehead atoms. The first-order valence-electron chi connectivity index (χ1n) is 8.88. The van der Waals surface area contributed by atoms with E-state index in [2.05, 4.69) is 17.0 Å². The lowest BCUT2D eigenvalue weighted by atomic mass is 9.91. The molecule has 138 valence electrons. The molecule has 5 nitrogen and oxygen atoms in total. The maximum Gasteiger partial charge on any atom is 0.274 e. The predicted octanol–water partition coefficient (Wildman–Crippen LogP) is 3.07. The number of hydrogen-bond donors (Lipinski definition) is 1. The van der Waals surface area contributed by atoms with Gasteiger partial charge in [-0.05, 0) is 37.0 Å². The number of fused-ring (bicyclic) bond motifs is 1. The van der Waals surface area contributed by atoms with Gasteiger partial charge in [0.25, 0.3) is 5.91 Å². The van der Waals surface area contributed by atoms with Crippen molar-refractivity contribution in [1.82, 2.24) is 20.0 Å². The zero-order valence-electron chi connectivity index (χ0n) is 15.3. The van der Waals surface area contributed by atoms with E-state index in [1.807, 2.05) is 35.0 Å². The summed E-state index contributed by atoms with van der Waals surface area (Å²) in [4.78, 5) is 14.1. The van der Waals surface area contributed by atoms with Gasteiger partial charge in [0.2, 0.25) is 0 Å². The van der Waals surface area contributed by atoms with Crippen molar-refractivity contribution in [2.75, 3.05) is 14.1 Å².